The molecule has 1 heterocycles. The first kappa shape index (κ1) is 19.1. The summed E-state index contributed by atoms with van der Waals surface area (Å²) in [5.41, 5.74) is 2.76. The number of hydrogen-bond donors (Lipinski definition) is 1. The summed E-state index contributed by atoms with van der Waals surface area (Å²) in [6, 6.07) is 15.5. The maximum Gasteiger partial charge on any atom is 0.346 e. The molecule has 0 spiro atoms. The summed E-state index contributed by atoms with van der Waals surface area (Å²) in [6.45, 7) is 0. The van der Waals surface area contributed by atoms with E-state index in [1.807, 2.05) is 36.5 Å². The molecular formula is C21H17ClN4O3S. The van der Waals surface area contributed by atoms with Crippen LogP contribution >= 0.6 is 23.4 Å². The lowest BCUT2D eigenvalue weighted by Crippen LogP contribution is -2.24. The largest absolute Gasteiger partial charge is 0.346 e. The number of anilines is 1. The van der Waals surface area contributed by atoms with Crippen molar-refractivity contribution in [3.05, 3.63) is 82.2 Å². The number of alkyl halides is 1. The topological polar surface area (TPSA) is 90.1 Å². The molecule has 0 radical (unpaired) electrons. The Morgan fingerprint density at radius 2 is 1.90 bits per heavy atom. The lowest BCUT2D eigenvalue weighted by molar-refractivity contribution is -0.384. The fourth-order valence-corrected chi connectivity index (χ4v) is 6.19. The second-order valence-corrected chi connectivity index (χ2v) is 9.19. The van der Waals surface area contributed by atoms with E-state index in [-0.39, 0.29) is 34.2 Å². The van der Waals surface area contributed by atoms with Gasteiger partial charge in [0.2, 0.25) is 0 Å². The van der Waals surface area contributed by atoms with E-state index < -0.39 is 4.92 Å². The molecule has 3 aromatic rings. The zero-order valence-corrected chi connectivity index (χ0v) is 17.2. The molecule has 152 valence electrons. The smallest absolute Gasteiger partial charge is 0.306 e. The van der Waals surface area contributed by atoms with E-state index in [0.717, 1.165) is 22.6 Å². The van der Waals surface area contributed by atoms with Gasteiger partial charge in [-0.15, -0.1) is 23.4 Å². The van der Waals surface area contributed by atoms with Gasteiger partial charge in [0, 0.05) is 46.0 Å². The molecule has 1 aromatic heterocycles. The number of halogens is 1. The number of hydrogen-bond acceptors (Lipinski definition) is 5. The van der Waals surface area contributed by atoms with E-state index in [0.29, 0.717) is 5.69 Å². The summed E-state index contributed by atoms with van der Waals surface area (Å²) < 4.78 is 1.36. The van der Waals surface area contributed by atoms with Gasteiger partial charge in [0.25, 0.3) is 5.69 Å². The van der Waals surface area contributed by atoms with Crippen LogP contribution in [-0.2, 0) is 0 Å². The van der Waals surface area contributed by atoms with Crippen LogP contribution in [0.15, 0.2) is 65.7 Å². The zero-order valence-electron chi connectivity index (χ0n) is 15.6. The Labute approximate surface area is 181 Å². The van der Waals surface area contributed by atoms with Crippen LogP contribution in [-0.4, -0.2) is 31.4 Å². The highest BCUT2D eigenvalue weighted by Gasteiger charge is 2.52. The number of carbonyl (C=O) groups is 1. The molecule has 5 rings (SSSR count). The number of para-hydroxylation sites is 1. The van der Waals surface area contributed by atoms with Gasteiger partial charge in [-0.1, -0.05) is 18.2 Å². The monoisotopic (exact) mass is 440 g/mol. The number of thioether (sulfide) groups is 1. The standard InChI is InChI=1S/C21H17ClN4O3S/c22-18-16-10-15(20(18)30-14-8-6-13(7-9-14)26(28)29)17-11-25(24-19(16)17)21(27)23-12-4-2-1-3-5-12/h1-9,11,15-16,18,20H,10H2,(H,23,27)/t15-,16-,18-,20-/m0/s1. The molecule has 2 aromatic carbocycles. The maximum atomic E-state index is 12.6. The summed E-state index contributed by atoms with van der Waals surface area (Å²) in [6.07, 6.45) is 2.72. The molecule has 0 aliphatic heterocycles. The lowest BCUT2D eigenvalue weighted by Gasteiger charge is -2.25. The fraction of sp³-hybridized carbons (Fsp3) is 0.238. The van der Waals surface area contributed by atoms with Gasteiger partial charge >= 0.3 is 6.03 Å². The van der Waals surface area contributed by atoms with E-state index in [9.17, 15) is 14.9 Å². The van der Waals surface area contributed by atoms with Crippen LogP contribution in [0.5, 0.6) is 0 Å². The van der Waals surface area contributed by atoms with Crippen LogP contribution < -0.4 is 5.32 Å². The number of nitro groups is 1. The van der Waals surface area contributed by atoms with Gasteiger partial charge in [0.05, 0.1) is 16.0 Å². The van der Waals surface area contributed by atoms with Gasteiger partial charge in [-0.05, 0) is 36.2 Å². The number of non-ortho nitro benzene ring substituents is 1. The summed E-state index contributed by atoms with van der Waals surface area (Å²) in [5, 5.41) is 18.2. The summed E-state index contributed by atoms with van der Waals surface area (Å²) in [7, 11) is 0. The van der Waals surface area contributed by atoms with Gasteiger partial charge in [-0.3, -0.25) is 10.1 Å². The number of amides is 1. The lowest BCUT2D eigenvalue weighted by atomic mass is 9.97. The quantitative estimate of drug-likeness (QED) is 0.341. The van der Waals surface area contributed by atoms with Crippen molar-refractivity contribution >= 4 is 40.8 Å². The molecule has 1 amide bonds. The van der Waals surface area contributed by atoms with Gasteiger partial charge in [-0.25, -0.2) is 4.79 Å². The summed E-state index contributed by atoms with van der Waals surface area (Å²) in [5.74, 6) is 0.305. The third-order valence-electron chi connectivity index (χ3n) is 5.68. The number of nitro benzene ring substituents is 1. The van der Waals surface area contributed by atoms with Gasteiger partial charge in [0.1, 0.15) is 0 Å². The highest BCUT2D eigenvalue weighted by molar-refractivity contribution is 8.00. The molecule has 1 N–H and O–H groups in total. The Hall–Kier alpha value is -2.84. The molecule has 0 saturated heterocycles. The van der Waals surface area contributed by atoms with Gasteiger partial charge in [0.15, 0.2) is 0 Å². The number of aromatic nitrogens is 2. The number of benzene rings is 2. The van der Waals surface area contributed by atoms with Crippen LogP contribution in [0.3, 0.4) is 0 Å². The minimum absolute atomic E-state index is 0.0720. The van der Waals surface area contributed by atoms with Gasteiger partial charge in [-0.2, -0.15) is 9.78 Å². The third-order valence-corrected chi connectivity index (χ3v) is 7.84. The van der Waals surface area contributed by atoms with Crippen LogP contribution in [0.1, 0.15) is 29.5 Å². The number of carbonyl (C=O) groups excluding carboxylic acids is 1. The number of nitrogens with one attached hydrogen (secondary N) is 1. The summed E-state index contributed by atoms with van der Waals surface area (Å²) >= 11 is 8.41. The van der Waals surface area contributed by atoms with Crippen LogP contribution in [0.4, 0.5) is 16.2 Å². The molecule has 1 saturated carbocycles. The fourth-order valence-electron chi connectivity index (χ4n) is 4.29. The van der Waals surface area contributed by atoms with Crippen molar-refractivity contribution in [2.24, 2.45) is 0 Å². The van der Waals surface area contributed by atoms with E-state index in [1.165, 1.54) is 16.8 Å². The molecular weight excluding hydrogens is 424 g/mol. The van der Waals surface area contributed by atoms with E-state index in [2.05, 4.69) is 10.4 Å². The normalized spacial score (nSPS) is 23.9. The van der Waals surface area contributed by atoms with Crippen molar-refractivity contribution in [2.45, 2.75) is 33.8 Å². The number of fused-ring (bicyclic) bond motifs is 5. The molecule has 0 unspecified atom stereocenters. The first-order valence-corrected chi connectivity index (χ1v) is 10.8. The molecule has 2 bridgehead atoms. The van der Waals surface area contributed by atoms with E-state index in [1.54, 1.807) is 23.9 Å². The second kappa shape index (κ2) is 7.45. The van der Waals surface area contributed by atoms with Crippen molar-refractivity contribution < 1.29 is 9.72 Å². The highest BCUT2D eigenvalue weighted by Crippen LogP contribution is 2.59. The Kier molecular flexibility index (Phi) is 4.75. The second-order valence-electron chi connectivity index (χ2n) is 7.44. The minimum Gasteiger partial charge on any atom is -0.306 e. The molecule has 4 atom stereocenters. The Morgan fingerprint density at radius 1 is 1.17 bits per heavy atom. The molecule has 2 aliphatic carbocycles. The first-order valence-electron chi connectivity index (χ1n) is 9.52. The molecule has 2 aliphatic rings. The van der Waals surface area contributed by atoms with E-state index in [4.69, 9.17) is 11.6 Å². The molecule has 30 heavy (non-hydrogen) atoms. The predicted molar refractivity (Wildman–Crippen MR) is 116 cm³/mol. The van der Waals surface area contributed by atoms with Gasteiger partial charge < -0.3 is 5.32 Å². The summed E-state index contributed by atoms with van der Waals surface area (Å²) in [4.78, 5) is 24.0. The molecule has 7 nitrogen and oxygen atoms in total. The van der Waals surface area contributed by atoms with Crippen LogP contribution in [0, 0.1) is 10.1 Å². The van der Waals surface area contributed by atoms with Crippen LogP contribution in [0.25, 0.3) is 0 Å². The first-order chi connectivity index (χ1) is 14.5. The van der Waals surface area contributed by atoms with Crippen LogP contribution in [0.2, 0.25) is 0 Å². The zero-order chi connectivity index (χ0) is 20.8. The Balaban J connectivity index is 1.34. The van der Waals surface area contributed by atoms with Crippen molar-refractivity contribution in [3.63, 3.8) is 0 Å². The Morgan fingerprint density at radius 3 is 2.60 bits per heavy atom. The average molecular weight is 441 g/mol. The number of rotatable bonds is 4. The highest BCUT2D eigenvalue weighted by atomic mass is 35.5. The van der Waals surface area contributed by atoms with Crippen molar-refractivity contribution in [3.8, 4) is 0 Å². The van der Waals surface area contributed by atoms with Crippen molar-refractivity contribution in [2.75, 3.05) is 5.32 Å². The minimum atomic E-state index is -0.405. The van der Waals surface area contributed by atoms with Crippen molar-refractivity contribution in [1.82, 2.24) is 9.78 Å². The predicted octanol–water partition coefficient (Wildman–Crippen LogP) is 5.22. The molecule has 9 heteroatoms. The molecule has 1 fully saturated rings. The van der Waals surface area contributed by atoms with Crippen molar-refractivity contribution in [1.29, 1.82) is 0 Å². The number of nitrogens with zero attached hydrogens (tertiary/aromatic N) is 3. The Bertz CT molecular complexity index is 1120. The van der Waals surface area contributed by atoms with E-state index >= 15 is 0 Å². The third kappa shape index (κ3) is 3.26. The SMILES string of the molecule is O=C(Nc1ccccc1)n1cc2c(n1)[C@H]1C[C@@H]2[C@H](Sc2ccc([N+](=O)[O-])cc2)[C@H]1Cl. The average Bonchev–Trinajstić information content (AvgIpc) is 3.41. The maximum absolute atomic E-state index is 12.6.